The fraction of sp³-hybridized carbons (Fsp3) is 0. The standard InChI is InChI=1S/C46H29N/c1-2-10-34-26-35(20-16-30(34)8-1)36-21-17-31-18-22-37(28-39(31)27-36)38-23-19-33-24-25-45-46(42(33)29-38)41-13-5-6-14-44(41)47(45)43-15-7-11-32-9-3-4-12-40(32)43/h1-29H. The predicted octanol–water partition coefficient (Wildman–Crippen LogP) is 12.7. The van der Waals surface area contributed by atoms with Crippen LogP contribution in [0.5, 0.6) is 0 Å². The number of aromatic nitrogens is 1. The molecule has 0 atom stereocenters. The summed E-state index contributed by atoms with van der Waals surface area (Å²) in [5, 5.41) is 12.6. The van der Waals surface area contributed by atoms with Gasteiger partial charge in [-0.2, -0.15) is 0 Å². The number of rotatable bonds is 3. The topological polar surface area (TPSA) is 4.93 Å². The molecule has 0 amide bonds. The number of nitrogens with zero attached hydrogens (tertiary/aromatic N) is 1. The van der Waals surface area contributed by atoms with Crippen molar-refractivity contribution in [1.82, 2.24) is 4.57 Å². The lowest BCUT2D eigenvalue weighted by molar-refractivity contribution is 1.20. The third-order valence-electron chi connectivity index (χ3n) is 9.92. The summed E-state index contributed by atoms with van der Waals surface area (Å²) >= 11 is 0. The highest BCUT2D eigenvalue weighted by Gasteiger charge is 2.16. The Kier molecular flexibility index (Phi) is 5.64. The van der Waals surface area contributed by atoms with Crippen LogP contribution in [0.3, 0.4) is 0 Å². The Balaban J connectivity index is 1.16. The van der Waals surface area contributed by atoms with Gasteiger partial charge in [0, 0.05) is 16.2 Å². The number of benzene rings is 9. The van der Waals surface area contributed by atoms with E-state index in [1.165, 1.54) is 92.8 Å². The average Bonchev–Trinajstić information content (AvgIpc) is 3.48. The SMILES string of the molecule is c1ccc2cc(-c3ccc4ccc(-c5ccc6ccc7c(c6c5)c5ccccc5n7-c5cccc6ccccc56)cc4c3)ccc2c1. The summed E-state index contributed by atoms with van der Waals surface area (Å²) in [6.45, 7) is 0. The molecule has 1 aromatic heterocycles. The number of hydrogen-bond acceptors (Lipinski definition) is 0. The quantitative estimate of drug-likeness (QED) is 0.191. The third kappa shape index (κ3) is 4.10. The van der Waals surface area contributed by atoms with Crippen molar-refractivity contribution in [3.8, 4) is 27.9 Å². The summed E-state index contributed by atoms with van der Waals surface area (Å²) in [6.07, 6.45) is 0. The van der Waals surface area contributed by atoms with E-state index < -0.39 is 0 Å². The Bertz CT molecular complexity index is 2850. The molecule has 218 valence electrons. The Labute approximate surface area is 272 Å². The first kappa shape index (κ1) is 26.1. The second kappa shape index (κ2) is 10.2. The van der Waals surface area contributed by atoms with Crippen LogP contribution in [0.1, 0.15) is 0 Å². The van der Waals surface area contributed by atoms with Crippen LogP contribution in [0.25, 0.3) is 92.8 Å². The summed E-state index contributed by atoms with van der Waals surface area (Å²) in [5.41, 5.74) is 8.60. The average molecular weight is 596 g/mol. The van der Waals surface area contributed by atoms with Crippen LogP contribution in [0.15, 0.2) is 176 Å². The molecule has 0 saturated carbocycles. The van der Waals surface area contributed by atoms with Crippen molar-refractivity contribution in [3.05, 3.63) is 176 Å². The molecule has 0 aliphatic heterocycles. The minimum absolute atomic E-state index is 1.21. The van der Waals surface area contributed by atoms with E-state index in [2.05, 4.69) is 180 Å². The van der Waals surface area contributed by atoms with Gasteiger partial charge in [-0.05, 0) is 102 Å². The molecule has 47 heavy (non-hydrogen) atoms. The maximum Gasteiger partial charge on any atom is 0.0547 e. The van der Waals surface area contributed by atoms with Crippen LogP contribution in [-0.4, -0.2) is 4.57 Å². The zero-order valence-electron chi connectivity index (χ0n) is 25.7. The number of fused-ring (bicyclic) bond motifs is 8. The Morgan fingerprint density at radius 2 is 0.787 bits per heavy atom. The third-order valence-corrected chi connectivity index (χ3v) is 9.92. The summed E-state index contributed by atoms with van der Waals surface area (Å²) in [6, 6.07) is 64.6. The van der Waals surface area contributed by atoms with Gasteiger partial charge in [0.25, 0.3) is 0 Å². The second-order valence-electron chi connectivity index (χ2n) is 12.6. The Morgan fingerprint density at radius 3 is 1.55 bits per heavy atom. The zero-order valence-corrected chi connectivity index (χ0v) is 25.7. The maximum absolute atomic E-state index is 2.45. The minimum Gasteiger partial charge on any atom is -0.309 e. The first-order valence-electron chi connectivity index (χ1n) is 16.3. The smallest absolute Gasteiger partial charge is 0.0547 e. The molecule has 0 fully saturated rings. The van der Waals surface area contributed by atoms with E-state index >= 15 is 0 Å². The molecule has 0 aliphatic carbocycles. The van der Waals surface area contributed by atoms with Crippen molar-refractivity contribution < 1.29 is 0 Å². The summed E-state index contributed by atoms with van der Waals surface area (Å²) in [7, 11) is 0. The van der Waals surface area contributed by atoms with Gasteiger partial charge in [-0.25, -0.2) is 0 Å². The highest BCUT2D eigenvalue weighted by molar-refractivity contribution is 6.22. The van der Waals surface area contributed by atoms with Crippen LogP contribution in [0.4, 0.5) is 0 Å². The minimum atomic E-state index is 1.21. The molecule has 1 heteroatoms. The Hall–Kier alpha value is -6.18. The van der Waals surface area contributed by atoms with Crippen LogP contribution >= 0.6 is 0 Å². The van der Waals surface area contributed by atoms with E-state index in [0.29, 0.717) is 0 Å². The summed E-state index contributed by atoms with van der Waals surface area (Å²) in [5.74, 6) is 0. The van der Waals surface area contributed by atoms with Gasteiger partial charge >= 0.3 is 0 Å². The van der Waals surface area contributed by atoms with Crippen LogP contribution in [0.2, 0.25) is 0 Å². The Morgan fingerprint density at radius 1 is 0.277 bits per heavy atom. The van der Waals surface area contributed by atoms with Gasteiger partial charge < -0.3 is 4.57 Å². The maximum atomic E-state index is 2.45. The van der Waals surface area contributed by atoms with E-state index in [0.717, 1.165) is 0 Å². The molecule has 0 radical (unpaired) electrons. The van der Waals surface area contributed by atoms with Gasteiger partial charge in [-0.3, -0.25) is 0 Å². The summed E-state index contributed by atoms with van der Waals surface area (Å²) < 4.78 is 2.45. The van der Waals surface area contributed by atoms with E-state index in [1.807, 2.05) is 0 Å². The van der Waals surface area contributed by atoms with Crippen LogP contribution in [0, 0.1) is 0 Å². The molecular weight excluding hydrogens is 567 g/mol. The zero-order chi connectivity index (χ0) is 30.9. The molecule has 0 bridgehead atoms. The molecule has 10 rings (SSSR count). The molecule has 10 aromatic rings. The van der Waals surface area contributed by atoms with Crippen molar-refractivity contribution in [2.45, 2.75) is 0 Å². The molecule has 0 N–H and O–H groups in total. The van der Waals surface area contributed by atoms with Crippen molar-refractivity contribution >= 4 is 64.9 Å². The van der Waals surface area contributed by atoms with Gasteiger partial charge in [-0.15, -0.1) is 0 Å². The molecule has 0 spiro atoms. The van der Waals surface area contributed by atoms with Gasteiger partial charge in [0.15, 0.2) is 0 Å². The lowest BCUT2D eigenvalue weighted by Gasteiger charge is -2.12. The fourth-order valence-corrected chi connectivity index (χ4v) is 7.60. The first-order chi connectivity index (χ1) is 23.3. The highest BCUT2D eigenvalue weighted by atomic mass is 15.0. The highest BCUT2D eigenvalue weighted by Crippen LogP contribution is 2.40. The van der Waals surface area contributed by atoms with Crippen LogP contribution in [-0.2, 0) is 0 Å². The monoisotopic (exact) mass is 595 g/mol. The van der Waals surface area contributed by atoms with Gasteiger partial charge in [-0.1, -0.05) is 133 Å². The molecule has 1 nitrogen and oxygen atoms in total. The number of hydrogen-bond donors (Lipinski definition) is 0. The normalized spacial score (nSPS) is 11.8. The van der Waals surface area contributed by atoms with Gasteiger partial charge in [0.2, 0.25) is 0 Å². The lowest BCUT2D eigenvalue weighted by Crippen LogP contribution is -1.95. The van der Waals surface area contributed by atoms with Crippen molar-refractivity contribution in [2.24, 2.45) is 0 Å². The van der Waals surface area contributed by atoms with Crippen LogP contribution < -0.4 is 0 Å². The summed E-state index contributed by atoms with van der Waals surface area (Å²) in [4.78, 5) is 0. The first-order valence-corrected chi connectivity index (χ1v) is 16.3. The van der Waals surface area contributed by atoms with Crippen molar-refractivity contribution in [2.75, 3.05) is 0 Å². The number of para-hydroxylation sites is 1. The van der Waals surface area contributed by atoms with Crippen molar-refractivity contribution in [1.29, 1.82) is 0 Å². The lowest BCUT2D eigenvalue weighted by atomic mass is 9.95. The van der Waals surface area contributed by atoms with E-state index in [4.69, 9.17) is 0 Å². The fourth-order valence-electron chi connectivity index (χ4n) is 7.60. The second-order valence-corrected chi connectivity index (χ2v) is 12.6. The van der Waals surface area contributed by atoms with E-state index in [-0.39, 0.29) is 0 Å². The van der Waals surface area contributed by atoms with E-state index in [1.54, 1.807) is 0 Å². The molecule has 0 unspecified atom stereocenters. The van der Waals surface area contributed by atoms with Crippen molar-refractivity contribution in [3.63, 3.8) is 0 Å². The molecule has 0 aliphatic rings. The molecule has 9 aromatic carbocycles. The molecule has 1 heterocycles. The molecular formula is C46H29N. The predicted molar refractivity (Wildman–Crippen MR) is 202 cm³/mol. The van der Waals surface area contributed by atoms with Gasteiger partial charge in [0.05, 0.1) is 16.7 Å². The van der Waals surface area contributed by atoms with Gasteiger partial charge in [0.1, 0.15) is 0 Å². The van der Waals surface area contributed by atoms with E-state index in [9.17, 15) is 0 Å². The molecule has 0 saturated heterocycles. The largest absolute Gasteiger partial charge is 0.309 e.